The summed E-state index contributed by atoms with van der Waals surface area (Å²) in [7, 11) is 0. The van der Waals surface area contributed by atoms with Gasteiger partial charge in [0.05, 0.1) is 0 Å². The SMILES string of the molecule is CC(C)(C)C(=O)C1(C(N)=O)CCOCC1. The van der Waals surface area contributed by atoms with E-state index in [-0.39, 0.29) is 5.78 Å². The number of rotatable bonds is 2. The Bertz CT molecular complexity index is 272. The number of carbonyl (C=O) groups excluding carboxylic acids is 2. The summed E-state index contributed by atoms with van der Waals surface area (Å²) >= 11 is 0. The quantitative estimate of drug-likeness (QED) is 0.692. The van der Waals surface area contributed by atoms with Crippen LogP contribution < -0.4 is 5.73 Å². The molecule has 0 radical (unpaired) electrons. The number of primary amides is 1. The summed E-state index contributed by atoms with van der Waals surface area (Å²) in [5, 5.41) is 0. The molecule has 4 heteroatoms. The van der Waals surface area contributed by atoms with Gasteiger partial charge in [-0.05, 0) is 12.8 Å². The molecule has 2 N–H and O–H groups in total. The van der Waals surface area contributed by atoms with E-state index >= 15 is 0 Å². The lowest BCUT2D eigenvalue weighted by Gasteiger charge is -2.37. The second-order valence-corrected chi connectivity index (χ2v) is 5.14. The highest BCUT2D eigenvalue weighted by Gasteiger charge is 2.49. The molecule has 4 nitrogen and oxygen atoms in total. The molecule has 1 aliphatic heterocycles. The van der Waals surface area contributed by atoms with Crippen LogP contribution in [0.25, 0.3) is 0 Å². The van der Waals surface area contributed by atoms with Crippen molar-refractivity contribution in [2.45, 2.75) is 33.6 Å². The molecule has 0 atom stereocenters. The van der Waals surface area contributed by atoms with E-state index < -0.39 is 16.7 Å². The lowest BCUT2D eigenvalue weighted by Crippen LogP contribution is -2.51. The van der Waals surface area contributed by atoms with Crippen LogP contribution in [-0.4, -0.2) is 24.9 Å². The maximum atomic E-state index is 12.2. The Morgan fingerprint density at radius 1 is 1.20 bits per heavy atom. The first-order valence-electron chi connectivity index (χ1n) is 5.23. The number of hydrogen-bond acceptors (Lipinski definition) is 3. The van der Waals surface area contributed by atoms with Crippen LogP contribution in [0.3, 0.4) is 0 Å². The summed E-state index contributed by atoms with van der Waals surface area (Å²) < 4.78 is 5.18. The highest BCUT2D eigenvalue weighted by molar-refractivity contribution is 6.07. The number of carbonyl (C=O) groups is 2. The summed E-state index contributed by atoms with van der Waals surface area (Å²) in [6.07, 6.45) is 0.830. The molecular weight excluding hydrogens is 194 g/mol. The number of Topliss-reactive ketones (excluding diaryl/α,β-unsaturated/α-hetero) is 1. The van der Waals surface area contributed by atoms with Crippen molar-refractivity contribution in [3.63, 3.8) is 0 Å². The van der Waals surface area contributed by atoms with Gasteiger partial charge < -0.3 is 10.5 Å². The molecule has 1 saturated heterocycles. The van der Waals surface area contributed by atoms with Gasteiger partial charge in [0.2, 0.25) is 5.91 Å². The van der Waals surface area contributed by atoms with Gasteiger partial charge in [0.15, 0.2) is 5.78 Å². The van der Waals surface area contributed by atoms with Gasteiger partial charge in [-0.3, -0.25) is 9.59 Å². The number of hydrogen-bond donors (Lipinski definition) is 1. The third kappa shape index (κ3) is 2.20. The zero-order valence-corrected chi connectivity index (χ0v) is 9.63. The third-order valence-corrected chi connectivity index (χ3v) is 2.93. The van der Waals surface area contributed by atoms with E-state index in [1.54, 1.807) is 0 Å². The summed E-state index contributed by atoms with van der Waals surface area (Å²) in [4.78, 5) is 23.7. The van der Waals surface area contributed by atoms with Crippen LogP contribution in [0, 0.1) is 10.8 Å². The van der Waals surface area contributed by atoms with E-state index in [1.165, 1.54) is 0 Å². The predicted octanol–water partition coefficient (Wildman–Crippen LogP) is 0.884. The largest absolute Gasteiger partial charge is 0.381 e. The molecule has 0 aromatic heterocycles. The Labute approximate surface area is 90.2 Å². The standard InChI is InChI=1S/C11H19NO3/c1-10(2,3)8(13)11(9(12)14)4-6-15-7-5-11/h4-7H2,1-3H3,(H2,12,14). The molecule has 0 saturated carbocycles. The van der Waals surface area contributed by atoms with E-state index in [9.17, 15) is 9.59 Å². The molecule has 0 spiro atoms. The second-order valence-electron chi connectivity index (χ2n) is 5.14. The van der Waals surface area contributed by atoms with Crippen LogP contribution in [0.2, 0.25) is 0 Å². The number of ether oxygens (including phenoxy) is 1. The summed E-state index contributed by atoms with van der Waals surface area (Å²) in [6.45, 7) is 6.32. The van der Waals surface area contributed by atoms with Crippen molar-refractivity contribution in [3.05, 3.63) is 0 Å². The molecule has 1 amide bonds. The topological polar surface area (TPSA) is 69.4 Å². The van der Waals surface area contributed by atoms with E-state index in [2.05, 4.69) is 0 Å². The molecule has 0 aromatic rings. The Morgan fingerprint density at radius 2 is 1.67 bits per heavy atom. The van der Waals surface area contributed by atoms with E-state index in [0.717, 1.165) is 0 Å². The van der Waals surface area contributed by atoms with Gasteiger partial charge in [-0.2, -0.15) is 0 Å². The fourth-order valence-corrected chi connectivity index (χ4v) is 2.02. The van der Waals surface area contributed by atoms with Gasteiger partial charge in [0, 0.05) is 18.6 Å². The Balaban J connectivity index is 3.01. The molecule has 1 heterocycles. The van der Waals surface area contributed by atoms with Crippen LogP contribution in [0.15, 0.2) is 0 Å². The minimum absolute atomic E-state index is 0.0641. The third-order valence-electron chi connectivity index (χ3n) is 2.93. The van der Waals surface area contributed by atoms with Crippen molar-refractivity contribution < 1.29 is 14.3 Å². The normalized spacial score (nSPS) is 21.0. The first kappa shape index (κ1) is 12.2. The van der Waals surface area contributed by atoms with Crippen LogP contribution in [0.1, 0.15) is 33.6 Å². The summed E-state index contributed by atoms with van der Waals surface area (Å²) in [6, 6.07) is 0. The molecule has 1 fully saturated rings. The average molecular weight is 213 g/mol. The van der Waals surface area contributed by atoms with Gasteiger partial charge in [-0.15, -0.1) is 0 Å². The number of amides is 1. The lowest BCUT2D eigenvalue weighted by molar-refractivity contribution is -0.152. The minimum Gasteiger partial charge on any atom is -0.381 e. The van der Waals surface area contributed by atoms with Gasteiger partial charge in [-0.1, -0.05) is 20.8 Å². The van der Waals surface area contributed by atoms with E-state index in [4.69, 9.17) is 10.5 Å². The fraction of sp³-hybridized carbons (Fsp3) is 0.818. The molecular formula is C11H19NO3. The Morgan fingerprint density at radius 3 is 2.00 bits per heavy atom. The van der Waals surface area contributed by atoms with Crippen LogP contribution >= 0.6 is 0 Å². The van der Waals surface area contributed by atoms with Crippen molar-refractivity contribution in [1.82, 2.24) is 0 Å². The number of nitrogens with two attached hydrogens (primary N) is 1. The maximum absolute atomic E-state index is 12.2. The fourth-order valence-electron chi connectivity index (χ4n) is 2.02. The van der Waals surface area contributed by atoms with Crippen LogP contribution in [-0.2, 0) is 14.3 Å². The number of ketones is 1. The van der Waals surface area contributed by atoms with E-state index in [1.807, 2.05) is 20.8 Å². The molecule has 0 unspecified atom stereocenters. The second kappa shape index (κ2) is 3.93. The smallest absolute Gasteiger partial charge is 0.231 e. The van der Waals surface area contributed by atoms with Gasteiger partial charge in [0.25, 0.3) is 0 Å². The van der Waals surface area contributed by atoms with Gasteiger partial charge in [0.1, 0.15) is 5.41 Å². The Kier molecular flexibility index (Phi) is 3.19. The lowest BCUT2D eigenvalue weighted by atomic mass is 9.67. The highest BCUT2D eigenvalue weighted by Crippen LogP contribution is 2.37. The molecule has 0 aromatic carbocycles. The van der Waals surface area contributed by atoms with Crippen molar-refractivity contribution >= 4 is 11.7 Å². The summed E-state index contributed by atoms with van der Waals surface area (Å²) in [5.41, 5.74) is 3.85. The van der Waals surface area contributed by atoms with Gasteiger partial charge in [-0.25, -0.2) is 0 Å². The van der Waals surface area contributed by atoms with Gasteiger partial charge >= 0.3 is 0 Å². The van der Waals surface area contributed by atoms with Crippen LogP contribution in [0.4, 0.5) is 0 Å². The zero-order chi connectivity index (χ0) is 11.7. The first-order chi connectivity index (χ1) is 6.81. The molecule has 1 aliphatic rings. The molecule has 0 aliphatic carbocycles. The molecule has 15 heavy (non-hydrogen) atoms. The molecule has 86 valence electrons. The van der Waals surface area contributed by atoms with E-state index in [0.29, 0.717) is 26.1 Å². The summed E-state index contributed by atoms with van der Waals surface area (Å²) in [5.74, 6) is -0.573. The monoisotopic (exact) mass is 213 g/mol. The van der Waals surface area contributed by atoms with Crippen molar-refractivity contribution in [1.29, 1.82) is 0 Å². The highest BCUT2D eigenvalue weighted by atomic mass is 16.5. The van der Waals surface area contributed by atoms with Crippen molar-refractivity contribution in [3.8, 4) is 0 Å². The first-order valence-corrected chi connectivity index (χ1v) is 5.23. The molecule has 1 rings (SSSR count). The average Bonchev–Trinajstić information content (AvgIpc) is 2.16. The maximum Gasteiger partial charge on any atom is 0.231 e. The van der Waals surface area contributed by atoms with Crippen LogP contribution in [0.5, 0.6) is 0 Å². The van der Waals surface area contributed by atoms with Crippen molar-refractivity contribution in [2.75, 3.05) is 13.2 Å². The zero-order valence-electron chi connectivity index (χ0n) is 9.63. The molecule has 0 bridgehead atoms. The van der Waals surface area contributed by atoms with Crippen molar-refractivity contribution in [2.24, 2.45) is 16.6 Å². The predicted molar refractivity (Wildman–Crippen MR) is 56.1 cm³/mol. The Hall–Kier alpha value is -0.900. The minimum atomic E-state index is -1.00.